The number of hydrogen-bond acceptors (Lipinski definition) is 5. The molecule has 0 aliphatic carbocycles. The molecule has 1 N–H and O–H groups in total. The maximum atomic E-state index is 12.5. The Morgan fingerprint density at radius 1 is 1.48 bits per heavy atom. The van der Waals surface area contributed by atoms with E-state index in [1.165, 1.54) is 0 Å². The fourth-order valence-electron chi connectivity index (χ4n) is 2.55. The van der Waals surface area contributed by atoms with Crippen molar-refractivity contribution in [1.82, 2.24) is 25.3 Å². The molecule has 2 aromatic rings. The summed E-state index contributed by atoms with van der Waals surface area (Å²) in [5.41, 5.74) is 2.20. The van der Waals surface area contributed by atoms with Crippen LogP contribution in [-0.2, 0) is 0 Å². The maximum Gasteiger partial charge on any atom is 0.257 e. The zero-order chi connectivity index (χ0) is 14.8. The van der Waals surface area contributed by atoms with Gasteiger partial charge in [-0.15, -0.1) is 5.10 Å². The molecule has 21 heavy (non-hydrogen) atoms. The summed E-state index contributed by atoms with van der Waals surface area (Å²) >= 11 is 0. The van der Waals surface area contributed by atoms with Crippen LogP contribution in [0.4, 0.5) is 0 Å². The Morgan fingerprint density at radius 2 is 2.33 bits per heavy atom. The molecule has 7 heteroatoms. The molecule has 1 aliphatic heterocycles. The molecular formula is C14H17N5O2. The first-order valence-corrected chi connectivity index (χ1v) is 6.90. The smallest absolute Gasteiger partial charge is 0.257 e. The molecule has 1 unspecified atom stereocenters. The number of amides is 1. The van der Waals surface area contributed by atoms with E-state index >= 15 is 0 Å². The van der Waals surface area contributed by atoms with Gasteiger partial charge in [-0.3, -0.25) is 9.89 Å². The predicted molar refractivity (Wildman–Crippen MR) is 75.0 cm³/mol. The van der Waals surface area contributed by atoms with E-state index in [2.05, 4.69) is 20.4 Å². The largest absolute Gasteiger partial charge is 0.471 e. The summed E-state index contributed by atoms with van der Waals surface area (Å²) in [6.45, 7) is 4.92. The number of aromatic nitrogens is 4. The lowest BCUT2D eigenvalue weighted by atomic mass is 10.2. The third kappa shape index (κ3) is 2.72. The second-order valence-electron chi connectivity index (χ2n) is 5.15. The number of aryl methyl sites for hydroxylation is 2. The van der Waals surface area contributed by atoms with Crippen molar-refractivity contribution < 1.29 is 9.53 Å². The van der Waals surface area contributed by atoms with Gasteiger partial charge in [-0.05, 0) is 19.9 Å². The molecule has 1 atom stereocenters. The van der Waals surface area contributed by atoms with Gasteiger partial charge in [0.05, 0.1) is 17.8 Å². The molecule has 2 aromatic heterocycles. The highest BCUT2D eigenvalue weighted by Gasteiger charge is 2.30. The van der Waals surface area contributed by atoms with Gasteiger partial charge in [0.1, 0.15) is 6.10 Å². The number of H-pyrrole nitrogens is 1. The van der Waals surface area contributed by atoms with Crippen LogP contribution in [0, 0.1) is 13.8 Å². The van der Waals surface area contributed by atoms with Crippen LogP contribution in [0.2, 0.25) is 0 Å². The first-order valence-electron chi connectivity index (χ1n) is 6.90. The summed E-state index contributed by atoms with van der Waals surface area (Å²) < 4.78 is 5.74. The van der Waals surface area contributed by atoms with Gasteiger partial charge in [0.15, 0.2) is 0 Å². The molecule has 1 amide bonds. The monoisotopic (exact) mass is 287 g/mol. The van der Waals surface area contributed by atoms with Crippen LogP contribution in [-0.4, -0.2) is 50.4 Å². The normalized spacial score (nSPS) is 18.0. The molecule has 0 radical (unpaired) electrons. The van der Waals surface area contributed by atoms with Gasteiger partial charge in [-0.25, -0.2) is 0 Å². The van der Waals surface area contributed by atoms with Crippen LogP contribution < -0.4 is 4.74 Å². The third-order valence-electron chi connectivity index (χ3n) is 3.61. The summed E-state index contributed by atoms with van der Waals surface area (Å²) in [6.07, 6.45) is 2.35. The number of aromatic amines is 1. The van der Waals surface area contributed by atoms with Crippen molar-refractivity contribution in [2.24, 2.45) is 0 Å². The maximum absolute atomic E-state index is 12.5. The number of likely N-dealkylation sites (tertiary alicyclic amines) is 1. The molecule has 7 nitrogen and oxygen atoms in total. The van der Waals surface area contributed by atoms with Crippen LogP contribution in [0.5, 0.6) is 5.88 Å². The molecule has 1 aliphatic rings. The number of nitrogens with one attached hydrogen (secondary N) is 1. The van der Waals surface area contributed by atoms with Gasteiger partial charge in [0.2, 0.25) is 5.88 Å². The summed E-state index contributed by atoms with van der Waals surface area (Å²) in [5, 5.41) is 14.6. The van der Waals surface area contributed by atoms with Crippen LogP contribution in [0.1, 0.15) is 28.2 Å². The van der Waals surface area contributed by atoms with Crippen LogP contribution in [0.25, 0.3) is 0 Å². The van der Waals surface area contributed by atoms with Gasteiger partial charge < -0.3 is 9.64 Å². The molecule has 110 valence electrons. The fourth-order valence-corrected chi connectivity index (χ4v) is 2.55. The highest BCUT2D eigenvalue weighted by Crippen LogP contribution is 2.20. The van der Waals surface area contributed by atoms with E-state index in [9.17, 15) is 4.79 Å². The Kier molecular flexibility index (Phi) is 3.55. The lowest BCUT2D eigenvalue weighted by Crippen LogP contribution is -2.31. The van der Waals surface area contributed by atoms with Crippen molar-refractivity contribution in [1.29, 1.82) is 0 Å². The second-order valence-corrected chi connectivity index (χ2v) is 5.15. The van der Waals surface area contributed by atoms with Crippen molar-refractivity contribution in [3.05, 3.63) is 35.3 Å². The van der Waals surface area contributed by atoms with Gasteiger partial charge >= 0.3 is 0 Å². The predicted octanol–water partition coefficient (Wildman–Crippen LogP) is 1.11. The highest BCUT2D eigenvalue weighted by molar-refractivity contribution is 5.96. The minimum absolute atomic E-state index is 0.00370. The summed E-state index contributed by atoms with van der Waals surface area (Å²) in [7, 11) is 0. The molecule has 0 saturated carbocycles. The average molecular weight is 287 g/mol. The van der Waals surface area contributed by atoms with E-state index in [0.717, 1.165) is 17.8 Å². The standard InChI is InChI=1S/C14H17N5O2/c1-9-13(10(2)17-16-9)14(20)19-7-5-11(8-19)21-12-4-3-6-15-18-12/h3-4,6,11H,5,7-8H2,1-2H3,(H,16,17). The minimum atomic E-state index is -0.0434. The van der Waals surface area contributed by atoms with Gasteiger partial charge in [-0.1, -0.05) is 0 Å². The van der Waals surface area contributed by atoms with E-state index in [1.54, 1.807) is 23.2 Å². The summed E-state index contributed by atoms with van der Waals surface area (Å²) in [5.74, 6) is 0.497. The van der Waals surface area contributed by atoms with E-state index in [1.807, 2.05) is 13.8 Å². The number of carbonyl (C=O) groups excluding carboxylic acids is 1. The van der Waals surface area contributed by atoms with Gasteiger partial charge in [0, 0.05) is 30.9 Å². The molecule has 1 fully saturated rings. The van der Waals surface area contributed by atoms with Crippen molar-refractivity contribution >= 4 is 5.91 Å². The molecule has 3 heterocycles. The lowest BCUT2D eigenvalue weighted by molar-refractivity contribution is 0.0769. The Labute approximate surface area is 122 Å². The zero-order valence-electron chi connectivity index (χ0n) is 12.0. The topological polar surface area (TPSA) is 84.0 Å². The van der Waals surface area contributed by atoms with E-state index in [0.29, 0.717) is 24.5 Å². The molecule has 0 bridgehead atoms. The van der Waals surface area contributed by atoms with Crippen molar-refractivity contribution in [3.8, 4) is 5.88 Å². The van der Waals surface area contributed by atoms with Crippen LogP contribution in [0.3, 0.4) is 0 Å². The molecular weight excluding hydrogens is 270 g/mol. The molecule has 3 rings (SSSR count). The first-order chi connectivity index (χ1) is 10.1. The zero-order valence-corrected chi connectivity index (χ0v) is 12.0. The van der Waals surface area contributed by atoms with E-state index in [-0.39, 0.29) is 12.0 Å². The quantitative estimate of drug-likeness (QED) is 0.914. The Bertz CT molecular complexity index is 621. The number of nitrogens with zero attached hydrogens (tertiary/aromatic N) is 4. The lowest BCUT2D eigenvalue weighted by Gasteiger charge is -2.17. The highest BCUT2D eigenvalue weighted by atomic mass is 16.5. The van der Waals surface area contributed by atoms with E-state index < -0.39 is 0 Å². The van der Waals surface area contributed by atoms with Crippen molar-refractivity contribution in [3.63, 3.8) is 0 Å². The number of hydrogen-bond donors (Lipinski definition) is 1. The Morgan fingerprint density at radius 3 is 3.00 bits per heavy atom. The number of carbonyl (C=O) groups is 1. The van der Waals surface area contributed by atoms with Crippen LogP contribution >= 0.6 is 0 Å². The third-order valence-corrected chi connectivity index (χ3v) is 3.61. The summed E-state index contributed by atoms with van der Waals surface area (Å²) in [6, 6.07) is 3.54. The van der Waals surface area contributed by atoms with Crippen molar-refractivity contribution in [2.75, 3.05) is 13.1 Å². The fraction of sp³-hybridized carbons (Fsp3) is 0.429. The SMILES string of the molecule is Cc1n[nH]c(C)c1C(=O)N1CCC(Oc2cccnn2)C1. The van der Waals surface area contributed by atoms with Crippen LogP contribution in [0.15, 0.2) is 18.3 Å². The Hall–Kier alpha value is -2.44. The minimum Gasteiger partial charge on any atom is -0.471 e. The molecule has 1 saturated heterocycles. The van der Waals surface area contributed by atoms with Crippen molar-refractivity contribution in [2.45, 2.75) is 26.4 Å². The van der Waals surface area contributed by atoms with Gasteiger partial charge in [0.25, 0.3) is 5.91 Å². The number of rotatable bonds is 3. The number of ether oxygens (including phenoxy) is 1. The van der Waals surface area contributed by atoms with E-state index in [4.69, 9.17) is 4.74 Å². The first kappa shape index (κ1) is 13.5. The Balaban J connectivity index is 1.66. The second kappa shape index (κ2) is 5.51. The molecule has 0 spiro atoms. The summed E-state index contributed by atoms with van der Waals surface area (Å²) in [4.78, 5) is 14.3. The van der Waals surface area contributed by atoms with Gasteiger partial charge in [-0.2, -0.15) is 10.2 Å². The average Bonchev–Trinajstić information content (AvgIpc) is 3.07. The molecule has 0 aromatic carbocycles.